The van der Waals surface area contributed by atoms with Gasteiger partial charge in [-0.05, 0) is 38.6 Å². The van der Waals surface area contributed by atoms with E-state index in [-0.39, 0.29) is 0 Å². The summed E-state index contributed by atoms with van der Waals surface area (Å²) in [5, 5.41) is 6.63. The molecule has 4 nitrogen and oxygen atoms in total. The zero-order valence-electron chi connectivity index (χ0n) is 13.2. The molecule has 0 saturated carbocycles. The molecule has 1 unspecified atom stereocenters. The van der Waals surface area contributed by atoms with Crippen LogP contribution in [0.3, 0.4) is 0 Å². The van der Waals surface area contributed by atoms with Crippen LogP contribution in [0.2, 0.25) is 0 Å². The first-order valence-corrected chi connectivity index (χ1v) is 8.65. The van der Waals surface area contributed by atoms with Crippen molar-refractivity contribution in [3.63, 3.8) is 0 Å². The second-order valence-corrected chi connectivity index (χ2v) is 6.60. The van der Waals surface area contributed by atoms with Crippen LogP contribution >= 0.6 is 11.3 Å². The number of likely N-dealkylation sites (N-methyl/N-ethyl adjacent to an activating group) is 1. The molecule has 1 aromatic carbocycles. The summed E-state index contributed by atoms with van der Waals surface area (Å²) < 4.78 is 5.29. The maximum absolute atomic E-state index is 5.29. The SMILES string of the molecule is CNC1CCCN(Cc2csc(-c3cccc(OC)c3)n2)C1. The minimum absolute atomic E-state index is 0.616. The average molecular weight is 317 g/mol. The summed E-state index contributed by atoms with van der Waals surface area (Å²) in [6, 6.07) is 8.72. The molecule has 1 fully saturated rings. The van der Waals surface area contributed by atoms with Gasteiger partial charge in [-0.1, -0.05) is 12.1 Å². The number of hydrogen-bond acceptors (Lipinski definition) is 5. The maximum Gasteiger partial charge on any atom is 0.123 e. The lowest BCUT2D eigenvalue weighted by molar-refractivity contribution is 0.186. The van der Waals surface area contributed by atoms with Gasteiger partial charge in [-0.3, -0.25) is 4.90 Å². The second-order valence-electron chi connectivity index (χ2n) is 5.74. The van der Waals surface area contributed by atoms with Crippen LogP contribution in [0.5, 0.6) is 5.75 Å². The van der Waals surface area contributed by atoms with E-state index < -0.39 is 0 Å². The number of nitrogens with zero attached hydrogens (tertiary/aromatic N) is 2. The standard InChI is InChI=1S/C17H23N3OS/c1-18-14-6-4-8-20(10-14)11-15-12-22-17(19-15)13-5-3-7-16(9-13)21-2/h3,5,7,9,12,14,18H,4,6,8,10-11H2,1-2H3. The van der Waals surface area contributed by atoms with Crippen LogP contribution in [0, 0.1) is 0 Å². The number of hydrogen-bond donors (Lipinski definition) is 1. The van der Waals surface area contributed by atoms with Gasteiger partial charge in [0.25, 0.3) is 0 Å². The van der Waals surface area contributed by atoms with Crippen LogP contribution in [-0.4, -0.2) is 43.2 Å². The highest BCUT2D eigenvalue weighted by molar-refractivity contribution is 7.13. The van der Waals surface area contributed by atoms with Crippen LogP contribution in [0.1, 0.15) is 18.5 Å². The Bertz CT molecular complexity index is 613. The number of nitrogens with one attached hydrogen (secondary N) is 1. The van der Waals surface area contributed by atoms with Gasteiger partial charge in [-0.2, -0.15) is 0 Å². The molecule has 2 heterocycles. The molecule has 5 heteroatoms. The molecule has 0 aliphatic carbocycles. The van der Waals surface area contributed by atoms with Gasteiger partial charge in [-0.25, -0.2) is 4.98 Å². The van der Waals surface area contributed by atoms with E-state index in [1.807, 2.05) is 18.2 Å². The first-order chi connectivity index (χ1) is 10.8. The lowest BCUT2D eigenvalue weighted by atomic mass is 10.1. The summed E-state index contributed by atoms with van der Waals surface area (Å²) in [7, 11) is 3.75. The molecule has 2 aromatic rings. The summed E-state index contributed by atoms with van der Waals surface area (Å²) >= 11 is 1.71. The van der Waals surface area contributed by atoms with Crippen molar-refractivity contribution in [2.75, 3.05) is 27.2 Å². The predicted octanol–water partition coefficient (Wildman–Crippen LogP) is 3.00. The molecule has 1 aliphatic heterocycles. The van der Waals surface area contributed by atoms with E-state index in [9.17, 15) is 0 Å². The van der Waals surface area contributed by atoms with Gasteiger partial charge in [0.2, 0.25) is 0 Å². The molecule has 1 saturated heterocycles. The predicted molar refractivity (Wildman–Crippen MR) is 91.5 cm³/mol. The highest BCUT2D eigenvalue weighted by Gasteiger charge is 2.19. The Hall–Kier alpha value is -1.43. The van der Waals surface area contributed by atoms with E-state index in [0.29, 0.717) is 6.04 Å². The molecule has 1 N–H and O–H groups in total. The molecule has 0 amide bonds. The zero-order valence-corrected chi connectivity index (χ0v) is 14.0. The Morgan fingerprint density at radius 1 is 1.45 bits per heavy atom. The van der Waals surface area contributed by atoms with Crippen molar-refractivity contribution in [3.05, 3.63) is 35.3 Å². The van der Waals surface area contributed by atoms with Crippen molar-refractivity contribution < 1.29 is 4.74 Å². The molecule has 22 heavy (non-hydrogen) atoms. The number of ether oxygens (including phenoxy) is 1. The van der Waals surface area contributed by atoms with Crippen LogP contribution < -0.4 is 10.1 Å². The van der Waals surface area contributed by atoms with E-state index in [4.69, 9.17) is 9.72 Å². The monoisotopic (exact) mass is 317 g/mol. The number of benzene rings is 1. The van der Waals surface area contributed by atoms with Gasteiger partial charge >= 0.3 is 0 Å². The fourth-order valence-corrected chi connectivity index (χ4v) is 3.74. The number of likely N-dealkylation sites (tertiary alicyclic amines) is 1. The van der Waals surface area contributed by atoms with Crippen LogP contribution in [0.4, 0.5) is 0 Å². The van der Waals surface area contributed by atoms with Gasteiger partial charge < -0.3 is 10.1 Å². The summed E-state index contributed by atoms with van der Waals surface area (Å²) in [6.07, 6.45) is 2.54. The normalized spacial score (nSPS) is 19.3. The van der Waals surface area contributed by atoms with Crippen molar-refractivity contribution in [1.29, 1.82) is 0 Å². The third kappa shape index (κ3) is 3.66. The minimum Gasteiger partial charge on any atom is -0.497 e. The molecule has 3 rings (SSSR count). The maximum atomic E-state index is 5.29. The molecule has 1 atom stereocenters. The molecule has 0 spiro atoms. The van der Waals surface area contributed by atoms with Gasteiger partial charge in [-0.15, -0.1) is 11.3 Å². The molecular weight excluding hydrogens is 294 g/mol. The van der Waals surface area contributed by atoms with Gasteiger partial charge in [0, 0.05) is 30.1 Å². The third-order valence-electron chi connectivity index (χ3n) is 4.17. The van der Waals surface area contributed by atoms with Crippen LogP contribution in [0.25, 0.3) is 10.6 Å². The molecule has 0 radical (unpaired) electrons. The Morgan fingerprint density at radius 2 is 2.36 bits per heavy atom. The lowest BCUT2D eigenvalue weighted by Gasteiger charge is -2.31. The summed E-state index contributed by atoms with van der Waals surface area (Å²) in [4.78, 5) is 7.30. The fraction of sp³-hybridized carbons (Fsp3) is 0.471. The number of aromatic nitrogens is 1. The Labute approximate surface area is 136 Å². The van der Waals surface area contributed by atoms with Gasteiger partial charge in [0.1, 0.15) is 10.8 Å². The van der Waals surface area contributed by atoms with Gasteiger partial charge in [0.15, 0.2) is 0 Å². The first-order valence-electron chi connectivity index (χ1n) is 7.77. The van der Waals surface area contributed by atoms with E-state index >= 15 is 0 Å². The van der Waals surface area contributed by atoms with E-state index in [2.05, 4.69) is 28.7 Å². The quantitative estimate of drug-likeness (QED) is 0.920. The van der Waals surface area contributed by atoms with E-state index in [1.54, 1.807) is 18.4 Å². The Morgan fingerprint density at radius 3 is 3.18 bits per heavy atom. The van der Waals surface area contributed by atoms with Crippen molar-refractivity contribution >= 4 is 11.3 Å². The zero-order chi connectivity index (χ0) is 15.4. The number of methoxy groups -OCH3 is 1. The minimum atomic E-state index is 0.616. The third-order valence-corrected chi connectivity index (χ3v) is 5.11. The van der Waals surface area contributed by atoms with Crippen molar-refractivity contribution in [3.8, 4) is 16.3 Å². The van der Waals surface area contributed by atoms with Crippen molar-refractivity contribution in [2.24, 2.45) is 0 Å². The van der Waals surface area contributed by atoms with Crippen molar-refractivity contribution in [1.82, 2.24) is 15.2 Å². The molecular formula is C17H23N3OS. The number of piperidine rings is 1. The molecule has 1 aromatic heterocycles. The largest absolute Gasteiger partial charge is 0.497 e. The number of thiazole rings is 1. The van der Waals surface area contributed by atoms with E-state index in [0.717, 1.165) is 29.4 Å². The molecule has 118 valence electrons. The summed E-state index contributed by atoms with van der Waals surface area (Å²) in [5.41, 5.74) is 2.29. The Balaban J connectivity index is 1.68. The average Bonchev–Trinajstić information content (AvgIpc) is 3.03. The van der Waals surface area contributed by atoms with Crippen LogP contribution in [-0.2, 0) is 6.54 Å². The van der Waals surface area contributed by atoms with Gasteiger partial charge in [0.05, 0.1) is 12.8 Å². The molecule has 0 bridgehead atoms. The summed E-state index contributed by atoms with van der Waals surface area (Å²) in [6.45, 7) is 3.23. The smallest absolute Gasteiger partial charge is 0.123 e. The van der Waals surface area contributed by atoms with Crippen LogP contribution in [0.15, 0.2) is 29.6 Å². The highest BCUT2D eigenvalue weighted by Crippen LogP contribution is 2.27. The van der Waals surface area contributed by atoms with Crippen molar-refractivity contribution in [2.45, 2.75) is 25.4 Å². The topological polar surface area (TPSA) is 37.4 Å². The number of rotatable bonds is 5. The van der Waals surface area contributed by atoms with E-state index in [1.165, 1.54) is 25.1 Å². The second kappa shape index (κ2) is 7.22. The highest BCUT2D eigenvalue weighted by atomic mass is 32.1. The Kier molecular flexibility index (Phi) is 5.08. The molecule has 1 aliphatic rings. The summed E-state index contributed by atoms with van der Waals surface area (Å²) in [5.74, 6) is 0.877. The fourth-order valence-electron chi connectivity index (χ4n) is 2.93. The first kappa shape index (κ1) is 15.5. The lowest BCUT2D eigenvalue weighted by Crippen LogP contribution is -2.43.